The van der Waals surface area contributed by atoms with Crippen LogP contribution in [0.15, 0.2) is 76.4 Å². The van der Waals surface area contributed by atoms with Gasteiger partial charge in [-0.15, -0.1) is 10.2 Å². The van der Waals surface area contributed by atoms with E-state index >= 15 is 0 Å². The van der Waals surface area contributed by atoms with Crippen molar-refractivity contribution in [1.82, 2.24) is 20.1 Å². The highest BCUT2D eigenvalue weighted by Crippen LogP contribution is 2.32. The Morgan fingerprint density at radius 1 is 1.09 bits per heavy atom. The second-order valence-electron chi connectivity index (χ2n) is 7.69. The van der Waals surface area contributed by atoms with Crippen LogP contribution in [-0.4, -0.2) is 20.7 Å². The van der Waals surface area contributed by atoms with E-state index in [-0.39, 0.29) is 5.91 Å². The van der Waals surface area contributed by atoms with Crippen LogP contribution in [0, 0.1) is 6.92 Å². The molecule has 174 valence electrons. The van der Waals surface area contributed by atoms with Gasteiger partial charge < -0.3 is 5.32 Å². The molecule has 0 aliphatic heterocycles. The fourth-order valence-electron chi connectivity index (χ4n) is 3.40. The smallest absolute Gasteiger partial charge is 0.251 e. The number of benzene rings is 3. The first kappa shape index (κ1) is 24.8. The summed E-state index contributed by atoms with van der Waals surface area (Å²) in [6.07, 6.45) is 0. The maximum Gasteiger partial charge on any atom is 0.251 e. The Kier molecular flexibility index (Phi) is 7.99. The summed E-state index contributed by atoms with van der Waals surface area (Å²) in [6, 6.07) is 20.3. The Morgan fingerprint density at radius 3 is 2.53 bits per heavy atom. The lowest BCUT2D eigenvalue weighted by Gasteiger charge is -2.17. The molecule has 4 aromatic rings. The molecule has 1 unspecified atom stereocenters. The molecule has 1 atom stereocenters. The molecule has 4 rings (SSSR count). The van der Waals surface area contributed by atoms with Crippen LogP contribution >= 0.6 is 50.9 Å². The number of amides is 1. The quantitative estimate of drug-likeness (QED) is 0.233. The number of carbonyl (C=O) groups is 1. The molecule has 0 aliphatic rings. The molecule has 1 N–H and O–H groups in total. The van der Waals surface area contributed by atoms with E-state index in [0.29, 0.717) is 32.3 Å². The van der Waals surface area contributed by atoms with Crippen molar-refractivity contribution < 1.29 is 4.79 Å². The molecule has 0 radical (unpaired) electrons. The van der Waals surface area contributed by atoms with Crippen molar-refractivity contribution in [1.29, 1.82) is 0 Å². The lowest BCUT2D eigenvalue weighted by Crippen LogP contribution is -2.28. The number of carbonyl (C=O) groups excluding carboxylic acids is 1. The zero-order valence-electron chi connectivity index (χ0n) is 18.4. The Balaban J connectivity index is 1.66. The van der Waals surface area contributed by atoms with E-state index < -0.39 is 6.04 Å². The number of nitrogens with one attached hydrogen (secondary N) is 1. The third kappa shape index (κ3) is 5.66. The van der Waals surface area contributed by atoms with Gasteiger partial charge in [0.15, 0.2) is 11.0 Å². The fraction of sp³-hybridized carbons (Fsp3) is 0.160. The van der Waals surface area contributed by atoms with Crippen LogP contribution in [0.3, 0.4) is 0 Å². The van der Waals surface area contributed by atoms with Crippen LogP contribution in [0.2, 0.25) is 10.0 Å². The molecule has 1 amide bonds. The van der Waals surface area contributed by atoms with Crippen molar-refractivity contribution >= 4 is 56.8 Å². The first-order chi connectivity index (χ1) is 16.3. The fourth-order valence-corrected chi connectivity index (χ4v) is 5.19. The van der Waals surface area contributed by atoms with Gasteiger partial charge in [-0.25, -0.2) is 0 Å². The van der Waals surface area contributed by atoms with Crippen LogP contribution in [0.1, 0.15) is 40.3 Å². The van der Waals surface area contributed by atoms with Gasteiger partial charge in [0.25, 0.3) is 5.91 Å². The van der Waals surface area contributed by atoms with Gasteiger partial charge in [0.2, 0.25) is 0 Å². The van der Waals surface area contributed by atoms with Gasteiger partial charge in [-0.05, 0) is 67.4 Å². The normalized spacial score (nSPS) is 11.9. The minimum atomic E-state index is -0.428. The Hall–Kier alpha value is -2.32. The summed E-state index contributed by atoms with van der Waals surface area (Å²) >= 11 is 17.7. The zero-order valence-corrected chi connectivity index (χ0v) is 22.3. The minimum absolute atomic E-state index is 0.203. The molecule has 34 heavy (non-hydrogen) atoms. The highest BCUT2D eigenvalue weighted by atomic mass is 79.9. The van der Waals surface area contributed by atoms with E-state index in [0.717, 1.165) is 10.2 Å². The summed E-state index contributed by atoms with van der Waals surface area (Å²) in [5, 5.41) is 13.6. The lowest BCUT2D eigenvalue weighted by atomic mass is 10.1. The first-order valence-corrected chi connectivity index (χ1v) is 13.0. The van der Waals surface area contributed by atoms with Crippen LogP contribution in [0.5, 0.6) is 0 Å². The number of halogens is 3. The third-order valence-electron chi connectivity index (χ3n) is 5.27. The largest absolute Gasteiger partial charge is 0.342 e. The van der Waals surface area contributed by atoms with E-state index in [1.165, 1.54) is 11.1 Å². The van der Waals surface area contributed by atoms with Gasteiger partial charge in [-0.2, -0.15) is 0 Å². The van der Waals surface area contributed by atoms with Crippen LogP contribution < -0.4 is 5.32 Å². The highest BCUT2D eigenvalue weighted by Gasteiger charge is 2.23. The molecule has 0 bridgehead atoms. The summed E-state index contributed by atoms with van der Waals surface area (Å²) in [5.41, 5.74) is 3.67. The average molecular weight is 576 g/mol. The van der Waals surface area contributed by atoms with Gasteiger partial charge in [0, 0.05) is 20.8 Å². The first-order valence-electron chi connectivity index (χ1n) is 10.5. The number of aromatic nitrogens is 3. The summed E-state index contributed by atoms with van der Waals surface area (Å²) in [6.45, 7) is 3.96. The molecule has 1 heterocycles. The molecule has 5 nitrogen and oxygen atoms in total. The number of hydrogen-bond acceptors (Lipinski definition) is 4. The molecular formula is C25H21BrCl2N4OS. The van der Waals surface area contributed by atoms with Gasteiger partial charge in [0.1, 0.15) is 0 Å². The average Bonchev–Trinajstić information content (AvgIpc) is 3.22. The molecule has 0 fully saturated rings. The molecular weight excluding hydrogens is 555 g/mol. The predicted octanol–water partition coefficient (Wildman–Crippen LogP) is 7.43. The molecule has 9 heteroatoms. The summed E-state index contributed by atoms with van der Waals surface area (Å²) in [7, 11) is 0. The summed E-state index contributed by atoms with van der Waals surface area (Å²) in [5.74, 6) is 1.09. The Morgan fingerprint density at radius 2 is 1.82 bits per heavy atom. The number of aryl methyl sites for hydroxylation is 1. The van der Waals surface area contributed by atoms with E-state index in [1.807, 2.05) is 41.8 Å². The van der Waals surface area contributed by atoms with Crippen molar-refractivity contribution in [3.05, 3.63) is 104 Å². The molecule has 0 saturated heterocycles. The third-order valence-corrected chi connectivity index (χ3v) is 7.31. The van der Waals surface area contributed by atoms with E-state index in [1.54, 1.807) is 36.0 Å². The van der Waals surface area contributed by atoms with E-state index in [9.17, 15) is 4.79 Å². The molecule has 0 saturated carbocycles. The standard InChI is InChI=1S/C25H21BrCl2N4OS/c1-15-5-3-4-6-18(15)14-34-25-31-30-23(32(25)22-12-11-20(27)13-21(22)28)16(2)29-24(33)17-7-9-19(26)10-8-17/h3-13,16H,14H2,1-2H3,(H,29,33). The minimum Gasteiger partial charge on any atom is -0.342 e. The molecule has 1 aromatic heterocycles. The maximum atomic E-state index is 12.8. The summed E-state index contributed by atoms with van der Waals surface area (Å²) in [4.78, 5) is 12.8. The van der Waals surface area contributed by atoms with E-state index in [2.05, 4.69) is 50.5 Å². The van der Waals surface area contributed by atoms with Crippen molar-refractivity contribution in [3.63, 3.8) is 0 Å². The van der Waals surface area contributed by atoms with Crippen molar-refractivity contribution in [2.24, 2.45) is 0 Å². The zero-order chi connectivity index (χ0) is 24.2. The van der Waals surface area contributed by atoms with E-state index in [4.69, 9.17) is 23.2 Å². The summed E-state index contributed by atoms with van der Waals surface area (Å²) < 4.78 is 2.79. The number of rotatable bonds is 7. The second kappa shape index (κ2) is 11.0. The molecule has 0 aliphatic carbocycles. The second-order valence-corrected chi connectivity index (χ2v) is 10.4. The predicted molar refractivity (Wildman–Crippen MR) is 142 cm³/mol. The van der Waals surface area contributed by atoms with Gasteiger partial charge >= 0.3 is 0 Å². The monoisotopic (exact) mass is 574 g/mol. The molecule has 0 spiro atoms. The topological polar surface area (TPSA) is 59.8 Å². The lowest BCUT2D eigenvalue weighted by molar-refractivity contribution is 0.0938. The number of thioether (sulfide) groups is 1. The Labute approximate surface area is 221 Å². The number of hydrogen-bond donors (Lipinski definition) is 1. The maximum absolute atomic E-state index is 12.8. The molecule has 3 aromatic carbocycles. The van der Waals surface area contributed by atoms with Crippen molar-refractivity contribution in [2.45, 2.75) is 30.8 Å². The van der Waals surface area contributed by atoms with Crippen LogP contribution in [-0.2, 0) is 5.75 Å². The van der Waals surface area contributed by atoms with Crippen LogP contribution in [0.25, 0.3) is 5.69 Å². The van der Waals surface area contributed by atoms with Crippen molar-refractivity contribution in [2.75, 3.05) is 0 Å². The van der Waals surface area contributed by atoms with Crippen LogP contribution in [0.4, 0.5) is 0 Å². The van der Waals surface area contributed by atoms with Gasteiger partial charge in [-0.3, -0.25) is 9.36 Å². The van der Waals surface area contributed by atoms with Gasteiger partial charge in [-0.1, -0.05) is 75.2 Å². The van der Waals surface area contributed by atoms with Gasteiger partial charge in [0.05, 0.1) is 16.8 Å². The SMILES string of the molecule is Cc1ccccc1CSc1nnc(C(C)NC(=O)c2ccc(Br)cc2)n1-c1ccc(Cl)cc1Cl. The number of nitrogens with zero attached hydrogens (tertiary/aromatic N) is 3. The Bertz CT molecular complexity index is 1330. The highest BCUT2D eigenvalue weighted by molar-refractivity contribution is 9.10. The van der Waals surface area contributed by atoms with Crippen molar-refractivity contribution in [3.8, 4) is 5.69 Å².